The smallest absolute Gasteiger partial charge is 0.143 e. The summed E-state index contributed by atoms with van der Waals surface area (Å²) in [4.78, 5) is 0. The van der Waals surface area contributed by atoms with Gasteiger partial charge in [0.15, 0.2) is 0 Å². The van der Waals surface area contributed by atoms with Gasteiger partial charge in [0, 0.05) is 0 Å². The molecule has 2 saturated heterocycles. The molecule has 3 atom stereocenters. The van der Waals surface area contributed by atoms with Crippen molar-refractivity contribution in [2.75, 3.05) is 33.0 Å². The first kappa shape index (κ1) is 9.36. The Morgan fingerprint density at radius 1 is 1.46 bits per heavy atom. The van der Waals surface area contributed by atoms with Crippen LogP contribution in [0.3, 0.4) is 0 Å². The van der Waals surface area contributed by atoms with Crippen LogP contribution in [0.5, 0.6) is 0 Å². The van der Waals surface area contributed by atoms with Crippen LogP contribution in [-0.2, 0) is 14.2 Å². The van der Waals surface area contributed by atoms with E-state index >= 15 is 0 Å². The lowest BCUT2D eigenvalue weighted by Crippen LogP contribution is -2.29. The van der Waals surface area contributed by atoms with E-state index in [0.717, 1.165) is 6.61 Å². The van der Waals surface area contributed by atoms with Gasteiger partial charge in [-0.15, -0.1) is 0 Å². The average molecular weight is 190 g/mol. The van der Waals surface area contributed by atoms with Crippen LogP contribution in [0, 0.1) is 0 Å². The zero-order valence-electron chi connectivity index (χ0n) is 7.31. The van der Waals surface area contributed by atoms with Gasteiger partial charge in [0.25, 0.3) is 0 Å². The fourth-order valence-corrected chi connectivity index (χ4v) is 1.29. The Balaban J connectivity index is 1.66. The predicted molar refractivity (Wildman–Crippen MR) is 42.3 cm³/mol. The van der Waals surface area contributed by atoms with E-state index in [2.05, 4.69) is 0 Å². The minimum absolute atomic E-state index is 0.0656. The third kappa shape index (κ3) is 2.00. The summed E-state index contributed by atoms with van der Waals surface area (Å²) in [6.07, 6.45) is -0.0420. The number of hydrogen-bond donors (Lipinski definition) is 2. The molecule has 0 aromatic heterocycles. The van der Waals surface area contributed by atoms with Crippen molar-refractivity contribution >= 4 is 0 Å². The number of hydrogen-bond acceptors (Lipinski definition) is 5. The average Bonchev–Trinajstić information content (AvgIpc) is 3.00. The van der Waals surface area contributed by atoms with E-state index in [1.807, 2.05) is 0 Å². The Morgan fingerprint density at radius 3 is 2.69 bits per heavy atom. The zero-order chi connectivity index (χ0) is 9.31. The van der Waals surface area contributed by atoms with Crippen LogP contribution in [0.1, 0.15) is 0 Å². The van der Waals surface area contributed by atoms with Crippen molar-refractivity contribution in [3.05, 3.63) is 0 Å². The molecule has 2 aliphatic heterocycles. The lowest BCUT2D eigenvalue weighted by molar-refractivity contribution is 0.0425. The molecule has 5 heteroatoms. The summed E-state index contributed by atoms with van der Waals surface area (Å²) < 4.78 is 15.4. The monoisotopic (exact) mass is 190 g/mol. The summed E-state index contributed by atoms with van der Waals surface area (Å²) in [5, 5.41) is 17.8. The first-order valence-electron chi connectivity index (χ1n) is 4.39. The number of epoxide rings is 2. The van der Waals surface area contributed by atoms with E-state index in [1.54, 1.807) is 0 Å². The van der Waals surface area contributed by atoms with E-state index < -0.39 is 5.60 Å². The van der Waals surface area contributed by atoms with Gasteiger partial charge in [0.2, 0.25) is 0 Å². The summed E-state index contributed by atoms with van der Waals surface area (Å²) in [6.45, 7) is 1.46. The van der Waals surface area contributed by atoms with Crippen LogP contribution in [0.15, 0.2) is 0 Å². The molecule has 2 fully saturated rings. The molecular formula is C8H14O5. The lowest BCUT2D eigenvalue weighted by Gasteiger charge is -2.08. The van der Waals surface area contributed by atoms with Crippen molar-refractivity contribution in [3.63, 3.8) is 0 Å². The maximum atomic E-state index is 8.99. The van der Waals surface area contributed by atoms with Crippen LogP contribution >= 0.6 is 0 Å². The van der Waals surface area contributed by atoms with E-state index in [0.29, 0.717) is 13.2 Å². The summed E-state index contributed by atoms with van der Waals surface area (Å²) in [5.74, 6) is 0. The van der Waals surface area contributed by atoms with Crippen molar-refractivity contribution in [3.8, 4) is 0 Å². The highest BCUT2D eigenvalue weighted by molar-refractivity contribution is 5.02. The van der Waals surface area contributed by atoms with Gasteiger partial charge >= 0.3 is 0 Å². The number of aliphatic hydroxyl groups is 2. The fraction of sp³-hybridized carbons (Fsp3) is 1.00. The van der Waals surface area contributed by atoms with Gasteiger partial charge in [-0.3, -0.25) is 0 Å². The van der Waals surface area contributed by atoms with E-state index in [9.17, 15) is 0 Å². The van der Waals surface area contributed by atoms with Crippen molar-refractivity contribution in [2.24, 2.45) is 0 Å². The molecule has 5 nitrogen and oxygen atoms in total. The van der Waals surface area contributed by atoms with Crippen LogP contribution < -0.4 is 0 Å². The first-order valence-corrected chi connectivity index (χ1v) is 4.39. The summed E-state index contributed by atoms with van der Waals surface area (Å²) in [7, 11) is 0. The third-order valence-electron chi connectivity index (χ3n) is 2.39. The summed E-state index contributed by atoms with van der Waals surface area (Å²) in [5.41, 5.74) is -0.649. The standard InChI is InChI=1S/C8H14O5/c9-1-7-8(4-10,13-7)5-11-2-6-3-12-6/h6-7,9-10H,1-5H2. The minimum Gasteiger partial charge on any atom is -0.394 e. The van der Waals surface area contributed by atoms with Crippen LogP contribution in [0.25, 0.3) is 0 Å². The highest BCUT2D eigenvalue weighted by Crippen LogP contribution is 2.36. The molecular weight excluding hydrogens is 176 g/mol. The molecule has 0 spiro atoms. The third-order valence-corrected chi connectivity index (χ3v) is 2.39. The Morgan fingerprint density at radius 2 is 2.23 bits per heavy atom. The second-order valence-corrected chi connectivity index (χ2v) is 3.48. The Labute approximate surface area is 76.2 Å². The Kier molecular flexibility index (Phi) is 2.53. The van der Waals surface area contributed by atoms with Crippen LogP contribution in [-0.4, -0.2) is 61.1 Å². The molecule has 2 aliphatic rings. The molecule has 2 heterocycles. The van der Waals surface area contributed by atoms with Crippen molar-refractivity contribution in [1.82, 2.24) is 0 Å². The predicted octanol–water partition coefficient (Wildman–Crippen LogP) is -1.48. The lowest BCUT2D eigenvalue weighted by atomic mass is 10.1. The molecule has 0 bridgehead atoms. The largest absolute Gasteiger partial charge is 0.394 e. The van der Waals surface area contributed by atoms with Gasteiger partial charge in [-0.2, -0.15) is 0 Å². The Hall–Kier alpha value is -0.200. The summed E-state index contributed by atoms with van der Waals surface area (Å²) in [6, 6.07) is 0. The van der Waals surface area contributed by atoms with Gasteiger partial charge in [0.05, 0.1) is 33.0 Å². The van der Waals surface area contributed by atoms with Crippen molar-refractivity contribution < 1.29 is 24.4 Å². The first-order chi connectivity index (χ1) is 6.30. The topological polar surface area (TPSA) is 74.8 Å². The fourth-order valence-electron chi connectivity index (χ4n) is 1.29. The molecule has 2 N–H and O–H groups in total. The van der Waals surface area contributed by atoms with Gasteiger partial charge < -0.3 is 24.4 Å². The van der Waals surface area contributed by atoms with Gasteiger partial charge in [0.1, 0.15) is 17.8 Å². The Bertz CT molecular complexity index is 181. The molecule has 0 radical (unpaired) electrons. The SMILES string of the molecule is OCC1OC1(CO)COCC1CO1. The summed E-state index contributed by atoms with van der Waals surface area (Å²) >= 11 is 0. The molecule has 0 saturated carbocycles. The minimum atomic E-state index is -0.649. The molecule has 76 valence electrons. The number of ether oxygens (including phenoxy) is 3. The van der Waals surface area contributed by atoms with Gasteiger partial charge in [-0.25, -0.2) is 0 Å². The molecule has 3 unspecified atom stereocenters. The molecule has 2 rings (SSSR count). The molecule has 0 amide bonds. The van der Waals surface area contributed by atoms with E-state index in [4.69, 9.17) is 24.4 Å². The zero-order valence-corrected chi connectivity index (χ0v) is 7.31. The van der Waals surface area contributed by atoms with Crippen LogP contribution in [0.2, 0.25) is 0 Å². The van der Waals surface area contributed by atoms with Gasteiger partial charge in [-0.1, -0.05) is 0 Å². The second-order valence-electron chi connectivity index (χ2n) is 3.48. The van der Waals surface area contributed by atoms with Crippen molar-refractivity contribution in [1.29, 1.82) is 0 Å². The quantitative estimate of drug-likeness (QED) is 0.500. The van der Waals surface area contributed by atoms with Crippen molar-refractivity contribution in [2.45, 2.75) is 17.8 Å². The van der Waals surface area contributed by atoms with E-state index in [-0.39, 0.29) is 25.4 Å². The molecule has 0 aromatic rings. The van der Waals surface area contributed by atoms with Gasteiger partial charge in [-0.05, 0) is 0 Å². The highest BCUT2D eigenvalue weighted by atomic mass is 16.7. The van der Waals surface area contributed by atoms with E-state index in [1.165, 1.54) is 0 Å². The maximum absolute atomic E-state index is 8.99. The van der Waals surface area contributed by atoms with Crippen LogP contribution in [0.4, 0.5) is 0 Å². The maximum Gasteiger partial charge on any atom is 0.143 e. The highest BCUT2D eigenvalue weighted by Gasteiger charge is 2.56. The molecule has 13 heavy (non-hydrogen) atoms. The molecule has 0 aromatic carbocycles. The number of rotatable bonds is 6. The normalized spacial score (nSPS) is 42.0. The second kappa shape index (κ2) is 3.51. The number of aliphatic hydroxyl groups excluding tert-OH is 2. The molecule has 0 aliphatic carbocycles.